The standard InChI is InChI=1S/C48H30N2O3/c1-2-12-34(13-3-1)50-40-17-6-9-20-44(40)53-47-29-32(23-26-41(47)50)31-21-24-37-45(28-31)51-42-18-7-4-14-35(42)48(37)36-15-5-8-19-43(36)52-46-30-33(22-25-38(46)48)39-16-10-11-27-49-39/h1-30H. The summed E-state index contributed by atoms with van der Waals surface area (Å²) in [6.07, 6.45) is 1.82. The van der Waals surface area contributed by atoms with Crippen molar-refractivity contribution in [1.82, 2.24) is 4.98 Å². The van der Waals surface area contributed by atoms with Crippen molar-refractivity contribution in [3.63, 3.8) is 0 Å². The molecule has 53 heavy (non-hydrogen) atoms. The third-order valence-corrected chi connectivity index (χ3v) is 10.6. The number of para-hydroxylation sites is 5. The van der Waals surface area contributed by atoms with Gasteiger partial charge in [-0.05, 0) is 83.9 Å². The molecule has 0 fully saturated rings. The molecule has 250 valence electrons. The summed E-state index contributed by atoms with van der Waals surface area (Å²) in [5.41, 5.74) is 10.6. The first-order valence-corrected chi connectivity index (χ1v) is 17.8. The lowest BCUT2D eigenvalue weighted by Crippen LogP contribution is -2.36. The summed E-state index contributed by atoms with van der Waals surface area (Å²) < 4.78 is 20.1. The highest BCUT2D eigenvalue weighted by atomic mass is 16.5. The van der Waals surface area contributed by atoms with Crippen LogP contribution < -0.4 is 19.1 Å². The Bertz CT molecular complexity index is 2720. The van der Waals surface area contributed by atoms with Crippen LogP contribution in [0.2, 0.25) is 0 Å². The summed E-state index contributed by atoms with van der Waals surface area (Å²) in [6.45, 7) is 0. The minimum Gasteiger partial charge on any atom is -0.457 e. The quantitative estimate of drug-likeness (QED) is 0.186. The lowest BCUT2D eigenvalue weighted by molar-refractivity contribution is 0.399. The van der Waals surface area contributed by atoms with Crippen LogP contribution in [-0.4, -0.2) is 4.98 Å². The first kappa shape index (κ1) is 29.6. The van der Waals surface area contributed by atoms with Crippen LogP contribution in [-0.2, 0) is 5.41 Å². The maximum Gasteiger partial charge on any atom is 0.152 e. The Morgan fingerprint density at radius 2 is 0.887 bits per heavy atom. The zero-order chi connectivity index (χ0) is 34.9. The fourth-order valence-electron chi connectivity index (χ4n) is 8.34. The third kappa shape index (κ3) is 4.41. The topological polar surface area (TPSA) is 43.8 Å². The Labute approximate surface area is 306 Å². The number of ether oxygens (including phenoxy) is 3. The van der Waals surface area contributed by atoms with E-state index in [0.717, 1.165) is 96.2 Å². The zero-order valence-corrected chi connectivity index (χ0v) is 28.4. The van der Waals surface area contributed by atoms with Gasteiger partial charge in [-0.1, -0.05) is 103 Å². The van der Waals surface area contributed by atoms with Gasteiger partial charge in [-0.2, -0.15) is 0 Å². The molecule has 1 atom stereocenters. The maximum atomic E-state index is 6.83. The van der Waals surface area contributed by atoms with Crippen LogP contribution in [0.5, 0.6) is 34.5 Å². The summed E-state index contributed by atoms with van der Waals surface area (Å²) in [5, 5.41) is 0. The molecule has 0 saturated heterocycles. The highest BCUT2D eigenvalue weighted by molar-refractivity contribution is 5.88. The highest BCUT2D eigenvalue weighted by Crippen LogP contribution is 2.62. The molecule has 1 aromatic heterocycles. The van der Waals surface area contributed by atoms with E-state index < -0.39 is 5.41 Å². The van der Waals surface area contributed by atoms with E-state index in [9.17, 15) is 0 Å². The Hall–Kier alpha value is -7.11. The zero-order valence-electron chi connectivity index (χ0n) is 28.4. The second-order valence-electron chi connectivity index (χ2n) is 13.5. The van der Waals surface area contributed by atoms with E-state index in [4.69, 9.17) is 14.2 Å². The Kier molecular flexibility index (Phi) is 6.40. The lowest BCUT2D eigenvalue weighted by Gasteiger charge is -2.45. The smallest absolute Gasteiger partial charge is 0.152 e. The van der Waals surface area contributed by atoms with Crippen molar-refractivity contribution < 1.29 is 14.2 Å². The number of rotatable bonds is 3. The van der Waals surface area contributed by atoms with Gasteiger partial charge in [-0.3, -0.25) is 4.98 Å². The van der Waals surface area contributed by atoms with E-state index in [0.29, 0.717) is 0 Å². The van der Waals surface area contributed by atoms with Crippen LogP contribution in [0.15, 0.2) is 182 Å². The van der Waals surface area contributed by atoms with Crippen molar-refractivity contribution >= 4 is 17.1 Å². The van der Waals surface area contributed by atoms with Gasteiger partial charge in [-0.15, -0.1) is 0 Å². The first-order chi connectivity index (χ1) is 26.3. The second-order valence-corrected chi connectivity index (χ2v) is 13.5. The number of aromatic nitrogens is 1. The second kappa shape index (κ2) is 11.5. The molecule has 11 rings (SSSR count). The van der Waals surface area contributed by atoms with E-state index in [1.54, 1.807) is 0 Å². The van der Waals surface area contributed by atoms with Crippen molar-refractivity contribution in [2.24, 2.45) is 0 Å². The van der Waals surface area contributed by atoms with Crippen molar-refractivity contribution in [2.75, 3.05) is 4.90 Å². The van der Waals surface area contributed by atoms with Gasteiger partial charge < -0.3 is 19.1 Å². The summed E-state index contributed by atoms with van der Waals surface area (Å²) in [6, 6.07) is 60.8. The summed E-state index contributed by atoms with van der Waals surface area (Å²) >= 11 is 0. The number of benzene rings is 7. The van der Waals surface area contributed by atoms with Crippen molar-refractivity contribution in [2.45, 2.75) is 5.41 Å². The Morgan fingerprint density at radius 1 is 0.377 bits per heavy atom. The molecule has 5 heteroatoms. The SMILES string of the molecule is c1ccc(N2c3ccccc3Oc3cc(-c4ccc5c(c4)Oc4ccccc4C54c5ccccc5Oc5cc(-c6ccccn6)ccc54)ccc32)cc1. The minimum absolute atomic E-state index is 0.686. The Balaban J connectivity index is 1.08. The van der Waals surface area contributed by atoms with Crippen molar-refractivity contribution in [1.29, 1.82) is 0 Å². The number of hydrogen-bond acceptors (Lipinski definition) is 5. The van der Waals surface area contributed by atoms with Crippen LogP contribution >= 0.6 is 0 Å². The van der Waals surface area contributed by atoms with Crippen LogP contribution in [0.25, 0.3) is 22.4 Å². The molecule has 0 saturated carbocycles. The third-order valence-electron chi connectivity index (χ3n) is 10.6. The normalized spacial score (nSPS) is 15.7. The van der Waals surface area contributed by atoms with Gasteiger partial charge in [0.05, 0.1) is 22.5 Å². The van der Waals surface area contributed by atoms with Crippen LogP contribution in [0.4, 0.5) is 17.1 Å². The van der Waals surface area contributed by atoms with Crippen molar-refractivity contribution in [3.05, 3.63) is 204 Å². The van der Waals surface area contributed by atoms with E-state index in [-0.39, 0.29) is 0 Å². The first-order valence-electron chi connectivity index (χ1n) is 17.8. The van der Waals surface area contributed by atoms with E-state index in [1.807, 2.05) is 60.8 Å². The lowest BCUT2D eigenvalue weighted by atomic mass is 9.62. The van der Waals surface area contributed by atoms with Gasteiger partial charge in [0.1, 0.15) is 23.0 Å². The molecule has 1 unspecified atom stereocenters. The molecule has 1 spiro atoms. The van der Waals surface area contributed by atoms with Crippen LogP contribution in [0.3, 0.4) is 0 Å². The van der Waals surface area contributed by atoms with E-state index in [2.05, 4.69) is 131 Å². The summed E-state index contributed by atoms with van der Waals surface area (Å²) in [5.74, 6) is 4.84. The minimum atomic E-state index is -0.686. The molecule has 0 aliphatic carbocycles. The van der Waals surface area contributed by atoms with Crippen LogP contribution in [0, 0.1) is 0 Å². The van der Waals surface area contributed by atoms with E-state index >= 15 is 0 Å². The predicted octanol–water partition coefficient (Wildman–Crippen LogP) is 12.6. The highest BCUT2D eigenvalue weighted by Gasteiger charge is 2.50. The molecular formula is C48H30N2O3. The van der Waals surface area contributed by atoms with Crippen LogP contribution in [0.1, 0.15) is 22.3 Å². The molecule has 0 radical (unpaired) electrons. The largest absolute Gasteiger partial charge is 0.457 e. The summed E-state index contributed by atoms with van der Waals surface area (Å²) in [7, 11) is 0. The molecule has 0 amide bonds. The predicted molar refractivity (Wildman–Crippen MR) is 208 cm³/mol. The van der Waals surface area contributed by atoms with Gasteiger partial charge in [-0.25, -0.2) is 0 Å². The van der Waals surface area contributed by atoms with Gasteiger partial charge in [0.2, 0.25) is 0 Å². The molecule has 8 aromatic rings. The number of fused-ring (bicyclic) bond motifs is 10. The molecule has 3 aliphatic rings. The van der Waals surface area contributed by atoms with Crippen molar-refractivity contribution in [3.8, 4) is 56.9 Å². The molecule has 0 N–H and O–H groups in total. The average molecular weight is 683 g/mol. The Morgan fingerprint density at radius 3 is 1.58 bits per heavy atom. The average Bonchev–Trinajstić information content (AvgIpc) is 3.22. The number of anilines is 3. The molecular weight excluding hydrogens is 653 g/mol. The molecule has 4 heterocycles. The number of nitrogens with zero attached hydrogens (tertiary/aromatic N) is 2. The van der Waals surface area contributed by atoms with Gasteiger partial charge in [0.15, 0.2) is 11.5 Å². The fraction of sp³-hybridized carbons (Fsp3) is 0.0208. The fourth-order valence-corrected chi connectivity index (χ4v) is 8.34. The molecule has 3 aliphatic heterocycles. The number of hydrogen-bond donors (Lipinski definition) is 0. The molecule has 5 nitrogen and oxygen atoms in total. The van der Waals surface area contributed by atoms with Gasteiger partial charge in [0.25, 0.3) is 0 Å². The summed E-state index contributed by atoms with van der Waals surface area (Å²) in [4.78, 5) is 6.88. The number of pyridine rings is 1. The monoisotopic (exact) mass is 682 g/mol. The van der Waals surface area contributed by atoms with E-state index in [1.165, 1.54) is 0 Å². The molecule has 0 bridgehead atoms. The molecule has 7 aromatic carbocycles. The maximum absolute atomic E-state index is 6.83. The van der Waals surface area contributed by atoms with Gasteiger partial charge in [0, 0.05) is 39.7 Å². The van der Waals surface area contributed by atoms with Gasteiger partial charge >= 0.3 is 0 Å².